The minimum absolute atomic E-state index is 0.165. The zero-order valence-corrected chi connectivity index (χ0v) is 12.1. The maximum Gasteiger partial charge on any atom is 0.314 e. The molecule has 18 heavy (non-hydrogen) atoms. The van der Waals surface area contributed by atoms with E-state index in [1.807, 2.05) is 24.3 Å². The number of hydrogen-bond donors (Lipinski definition) is 1. The van der Waals surface area contributed by atoms with E-state index in [4.69, 9.17) is 4.74 Å². The summed E-state index contributed by atoms with van der Waals surface area (Å²) in [4.78, 5) is 12.1. The standard InChI is InChI=1S/C14H18BrNO2/c1-18-14(17)13(12-8-4-5-9-16-12)10-6-2-3-7-11(10)15/h2-3,6-7,12-13,16H,4-5,8-9H2,1H3/t12-,13+/m1/s1. The summed E-state index contributed by atoms with van der Waals surface area (Å²) in [6.07, 6.45) is 3.36. The molecule has 1 heterocycles. The molecule has 2 atom stereocenters. The molecule has 4 heteroatoms. The number of ether oxygens (including phenoxy) is 1. The Labute approximate surface area is 116 Å². The fourth-order valence-corrected chi connectivity index (χ4v) is 3.06. The summed E-state index contributed by atoms with van der Waals surface area (Å²) in [6, 6.07) is 8.04. The van der Waals surface area contributed by atoms with E-state index in [-0.39, 0.29) is 17.9 Å². The lowest BCUT2D eigenvalue weighted by Crippen LogP contribution is -2.42. The minimum atomic E-state index is -0.231. The zero-order chi connectivity index (χ0) is 13.0. The predicted octanol–water partition coefficient (Wildman–Crippen LogP) is 2.85. The van der Waals surface area contributed by atoms with Crippen LogP contribution in [0.2, 0.25) is 0 Å². The molecule has 1 aromatic carbocycles. The number of rotatable bonds is 3. The summed E-state index contributed by atoms with van der Waals surface area (Å²) < 4.78 is 5.94. The second-order valence-corrected chi connectivity index (χ2v) is 5.43. The highest BCUT2D eigenvalue weighted by Gasteiger charge is 2.32. The van der Waals surface area contributed by atoms with Gasteiger partial charge in [-0.2, -0.15) is 0 Å². The Hall–Kier alpha value is -0.870. The fourth-order valence-electron chi connectivity index (χ4n) is 2.53. The van der Waals surface area contributed by atoms with Gasteiger partial charge < -0.3 is 10.1 Å². The van der Waals surface area contributed by atoms with Gasteiger partial charge in [0, 0.05) is 10.5 Å². The first-order chi connectivity index (χ1) is 8.74. The van der Waals surface area contributed by atoms with Crippen molar-refractivity contribution >= 4 is 21.9 Å². The van der Waals surface area contributed by atoms with Crippen LogP contribution in [0.5, 0.6) is 0 Å². The lowest BCUT2D eigenvalue weighted by atomic mass is 9.86. The van der Waals surface area contributed by atoms with E-state index < -0.39 is 0 Å². The molecule has 1 aliphatic rings. The van der Waals surface area contributed by atoms with Gasteiger partial charge in [0.25, 0.3) is 0 Å². The number of benzene rings is 1. The van der Waals surface area contributed by atoms with E-state index in [1.54, 1.807) is 0 Å². The fraction of sp³-hybridized carbons (Fsp3) is 0.500. The van der Waals surface area contributed by atoms with Gasteiger partial charge in [-0.3, -0.25) is 4.79 Å². The molecule has 1 saturated heterocycles. The minimum Gasteiger partial charge on any atom is -0.469 e. The Morgan fingerprint density at radius 1 is 1.44 bits per heavy atom. The average Bonchev–Trinajstić information content (AvgIpc) is 2.42. The Morgan fingerprint density at radius 3 is 2.83 bits per heavy atom. The summed E-state index contributed by atoms with van der Waals surface area (Å²) in [7, 11) is 1.45. The summed E-state index contributed by atoms with van der Waals surface area (Å²) in [5.74, 6) is -0.396. The molecular weight excluding hydrogens is 294 g/mol. The van der Waals surface area contributed by atoms with Gasteiger partial charge in [-0.25, -0.2) is 0 Å². The average molecular weight is 312 g/mol. The zero-order valence-electron chi connectivity index (χ0n) is 10.5. The van der Waals surface area contributed by atoms with Gasteiger partial charge in [-0.15, -0.1) is 0 Å². The smallest absolute Gasteiger partial charge is 0.314 e. The molecule has 0 aliphatic carbocycles. The predicted molar refractivity (Wildman–Crippen MR) is 74.5 cm³/mol. The highest BCUT2D eigenvalue weighted by molar-refractivity contribution is 9.10. The second kappa shape index (κ2) is 6.34. The van der Waals surface area contributed by atoms with Crippen molar-refractivity contribution in [3.63, 3.8) is 0 Å². The van der Waals surface area contributed by atoms with Crippen molar-refractivity contribution in [3.05, 3.63) is 34.3 Å². The first-order valence-electron chi connectivity index (χ1n) is 6.29. The summed E-state index contributed by atoms with van der Waals surface area (Å²) >= 11 is 3.53. The van der Waals surface area contributed by atoms with Gasteiger partial charge in [0.1, 0.15) is 0 Å². The molecule has 1 aromatic rings. The number of piperidine rings is 1. The van der Waals surface area contributed by atoms with E-state index in [2.05, 4.69) is 21.2 Å². The molecule has 98 valence electrons. The molecule has 0 unspecified atom stereocenters. The van der Waals surface area contributed by atoms with E-state index in [9.17, 15) is 4.79 Å². The van der Waals surface area contributed by atoms with Crippen molar-refractivity contribution in [2.24, 2.45) is 0 Å². The number of carbonyl (C=O) groups excluding carboxylic acids is 1. The topological polar surface area (TPSA) is 38.3 Å². The number of nitrogens with one attached hydrogen (secondary N) is 1. The molecule has 0 aromatic heterocycles. The van der Waals surface area contributed by atoms with Gasteiger partial charge in [0.2, 0.25) is 0 Å². The number of methoxy groups -OCH3 is 1. The molecule has 1 aliphatic heterocycles. The normalized spacial score (nSPS) is 21.3. The van der Waals surface area contributed by atoms with Crippen LogP contribution in [0.1, 0.15) is 30.7 Å². The lowest BCUT2D eigenvalue weighted by Gasteiger charge is -2.30. The van der Waals surface area contributed by atoms with E-state index in [1.165, 1.54) is 13.5 Å². The third kappa shape index (κ3) is 2.93. The molecule has 2 rings (SSSR count). The van der Waals surface area contributed by atoms with Crippen LogP contribution in [0, 0.1) is 0 Å². The van der Waals surface area contributed by atoms with Gasteiger partial charge in [0.15, 0.2) is 0 Å². The molecule has 1 N–H and O–H groups in total. The van der Waals surface area contributed by atoms with Crippen molar-refractivity contribution in [3.8, 4) is 0 Å². The number of esters is 1. The van der Waals surface area contributed by atoms with Crippen LogP contribution in [0.15, 0.2) is 28.7 Å². The van der Waals surface area contributed by atoms with Crippen molar-refractivity contribution in [2.45, 2.75) is 31.2 Å². The molecule has 0 radical (unpaired) electrons. The molecule has 0 amide bonds. The summed E-state index contributed by atoms with van der Waals surface area (Å²) in [6.45, 7) is 0.975. The van der Waals surface area contributed by atoms with Gasteiger partial charge in [-0.1, -0.05) is 40.5 Å². The van der Waals surface area contributed by atoms with Gasteiger partial charge >= 0.3 is 5.97 Å². The quantitative estimate of drug-likeness (QED) is 0.872. The maximum atomic E-state index is 12.1. The Morgan fingerprint density at radius 2 is 2.22 bits per heavy atom. The van der Waals surface area contributed by atoms with E-state index in [0.29, 0.717) is 0 Å². The summed E-state index contributed by atoms with van der Waals surface area (Å²) in [5, 5.41) is 3.44. The largest absolute Gasteiger partial charge is 0.469 e. The van der Waals surface area contributed by atoms with Crippen LogP contribution in [0.25, 0.3) is 0 Å². The van der Waals surface area contributed by atoms with Crippen LogP contribution in [0.4, 0.5) is 0 Å². The van der Waals surface area contributed by atoms with Gasteiger partial charge in [-0.05, 0) is 31.0 Å². The number of halogens is 1. The monoisotopic (exact) mass is 311 g/mol. The van der Waals surface area contributed by atoms with Crippen LogP contribution < -0.4 is 5.32 Å². The van der Waals surface area contributed by atoms with Crippen molar-refractivity contribution in [1.29, 1.82) is 0 Å². The second-order valence-electron chi connectivity index (χ2n) is 4.58. The Kier molecular flexibility index (Phi) is 4.78. The van der Waals surface area contributed by atoms with Crippen molar-refractivity contribution < 1.29 is 9.53 Å². The third-order valence-corrected chi connectivity index (χ3v) is 4.17. The Balaban J connectivity index is 2.30. The maximum absolute atomic E-state index is 12.1. The molecular formula is C14H18BrNO2. The molecule has 0 bridgehead atoms. The SMILES string of the molecule is COC(=O)[C@@H](c1ccccc1Br)[C@H]1CCCCN1. The van der Waals surface area contributed by atoms with E-state index >= 15 is 0 Å². The highest BCUT2D eigenvalue weighted by atomic mass is 79.9. The number of hydrogen-bond acceptors (Lipinski definition) is 3. The summed E-state index contributed by atoms with van der Waals surface area (Å²) in [5.41, 5.74) is 1.00. The first-order valence-corrected chi connectivity index (χ1v) is 7.09. The van der Waals surface area contributed by atoms with Crippen LogP contribution in [-0.4, -0.2) is 25.7 Å². The number of carbonyl (C=O) groups is 1. The highest BCUT2D eigenvalue weighted by Crippen LogP contribution is 2.31. The molecule has 1 fully saturated rings. The van der Waals surface area contributed by atoms with Crippen molar-refractivity contribution in [2.75, 3.05) is 13.7 Å². The van der Waals surface area contributed by atoms with Crippen LogP contribution in [0.3, 0.4) is 0 Å². The Bertz CT molecular complexity index is 416. The van der Waals surface area contributed by atoms with E-state index in [0.717, 1.165) is 29.4 Å². The molecule has 0 spiro atoms. The first kappa shape index (κ1) is 13.6. The van der Waals surface area contributed by atoms with Crippen LogP contribution >= 0.6 is 15.9 Å². The third-order valence-electron chi connectivity index (χ3n) is 3.45. The van der Waals surface area contributed by atoms with Crippen molar-refractivity contribution in [1.82, 2.24) is 5.32 Å². The molecule has 0 saturated carbocycles. The van der Waals surface area contributed by atoms with Crippen LogP contribution in [-0.2, 0) is 9.53 Å². The molecule has 3 nitrogen and oxygen atoms in total. The lowest BCUT2D eigenvalue weighted by molar-refractivity contribution is -0.143. The van der Waals surface area contributed by atoms with Gasteiger partial charge in [0.05, 0.1) is 13.0 Å².